The van der Waals surface area contributed by atoms with Crippen LogP contribution >= 0.6 is 15.9 Å². The number of rotatable bonds is 6. The van der Waals surface area contributed by atoms with Crippen molar-refractivity contribution in [1.29, 1.82) is 0 Å². The molecule has 5 heteroatoms. The van der Waals surface area contributed by atoms with Gasteiger partial charge in [0, 0.05) is 28.7 Å². The first-order valence-corrected chi connectivity index (χ1v) is 9.40. The highest BCUT2D eigenvalue weighted by Gasteiger charge is 2.07. The van der Waals surface area contributed by atoms with E-state index in [4.69, 9.17) is 0 Å². The molecule has 0 spiro atoms. The van der Waals surface area contributed by atoms with Gasteiger partial charge in [0.25, 0.3) is 11.8 Å². The van der Waals surface area contributed by atoms with E-state index in [1.807, 2.05) is 54.6 Å². The fourth-order valence-electron chi connectivity index (χ4n) is 2.60. The smallest absolute Gasteiger partial charge is 0.251 e. The Labute approximate surface area is 166 Å². The summed E-state index contributed by atoms with van der Waals surface area (Å²) in [6.07, 6.45) is 0. The summed E-state index contributed by atoms with van der Waals surface area (Å²) in [6, 6.07) is 24.6. The van der Waals surface area contributed by atoms with Crippen LogP contribution in [0.15, 0.2) is 83.3 Å². The maximum atomic E-state index is 12.2. The largest absolute Gasteiger partial charge is 0.350 e. The Morgan fingerprint density at radius 2 is 1.07 bits per heavy atom. The highest BCUT2D eigenvalue weighted by atomic mass is 79.9. The first-order chi connectivity index (χ1) is 13.1. The van der Waals surface area contributed by atoms with E-state index in [9.17, 15) is 9.59 Å². The van der Waals surface area contributed by atoms with Crippen LogP contribution in [0, 0.1) is 0 Å². The summed E-state index contributed by atoms with van der Waals surface area (Å²) in [6.45, 7) is 0.726. The summed E-state index contributed by atoms with van der Waals surface area (Å²) in [5.74, 6) is -0.323. The lowest BCUT2D eigenvalue weighted by atomic mass is 10.0. The van der Waals surface area contributed by atoms with Crippen molar-refractivity contribution in [2.24, 2.45) is 0 Å². The molecule has 136 valence electrons. The van der Waals surface area contributed by atoms with Crippen molar-refractivity contribution in [3.05, 3.63) is 94.5 Å². The lowest BCUT2D eigenvalue weighted by Gasteiger charge is -2.08. The minimum absolute atomic E-state index is 0.160. The average molecular weight is 423 g/mol. The van der Waals surface area contributed by atoms with E-state index in [1.165, 1.54) is 0 Å². The van der Waals surface area contributed by atoms with Gasteiger partial charge in [0.1, 0.15) is 0 Å². The zero-order chi connectivity index (χ0) is 19.1. The van der Waals surface area contributed by atoms with Gasteiger partial charge < -0.3 is 10.6 Å². The van der Waals surface area contributed by atoms with E-state index in [0.29, 0.717) is 24.2 Å². The van der Waals surface area contributed by atoms with Crippen LogP contribution in [0.1, 0.15) is 20.7 Å². The van der Waals surface area contributed by atoms with Gasteiger partial charge in [-0.3, -0.25) is 9.59 Å². The lowest BCUT2D eigenvalue weighted by molar-refractivity contribution is 0.0927. The number of hydrogen-bond donors (Lipinski definition) is 2. The molecule has 0 unspecified atom stereocenters. The molecule has 0 aromatic heterocycles. The molecule has 27 heavy (non-hydrogen) atoms. The van der Waals surface area contributed by atoms with Gasteiger partial charge >= 0.3 is 0 Å². The van der Waals surface area contributed by atoms with Gasteiger partial charge in [0.2, 0.25) is 0 Å². The number of benzene rings is 3. The minimum atomic E-state index is -0.163. The Hall–Kier alpha value is -2.92. The average Bonchev–Trinajstić information content (AvgIpc) is 2.72. The zero-order valence-electron chi connectivity index (χ0n) is 14.6. The molecule has 0 aliphatic rings. The molecule has 0 bridgehead atoms. The molecule has 0 saturated heterocycles. The van der Waals surface area contributed by atoms with Gasteiger partial charge in [-0.1, -0.05) is 58.4 Å². The molecule has 0 aliphatic carbocycles. The molecule has 0 fully saturated rings. The van der Waals surface area contributed by atoms with Gasteiger partial charge in [-0.05, 0) is 47.5 Å². The number of carbonyl (C=O) groups excluding carboxylic acids is 2. The van der Waals surface area contributed by atoms with E-state index >= 15 is 0 Å². The fourth-order valence-corrected chi connectivity index (χ4v) is 2.87. The van der Waals surface area contributed by atoms with Crippen LogP contribution in [0.5, 0.6) is 0 Å². The van der Waals surface area contributed by atoms with Crippen molar-refractivity contribution in [2.75, 3.05) is 13.1 Å². The number of carbonyl (C=O) groups is 2. The van der Waals surface area contributed by atoms with Crippen LogP contribution in [-0.2, 0) is 0 Å². The highest BCUT2D eigenvalue weighted by Crippen LogP contribution is 2.19. The second kappa shape index (κ2) is 9.14. The molecule has 0 atom stereocenters. The number of hydrogen-bond acceptors (Lipinski definition) is 2. The standard InChI is InChI=1S/C22H19BrN2O2/c23-20-12-10-19(11-13-20)22(27)25-15-14-24-21(26)18-8-6-17(7-9-18)16-4-2-1-3-5-16/h1-13H,14-15H2,(H,24,26)(H,25,27). The second-order valence-corrected chi connectivity index (χ2v) is 6.88. The maximum absolute atomic E-state index is 12.2. The topological polar surface area (TPSA) is 58.2 Å². The molecular formula is C22H19BrN2O2. The number of amides is 2. The van der Waals surface area contributed by atoms with Crippen molar-refractivity contribution in [3.8, 4) is 11.1 Å². The van der Waals surface area contributed by atoms with Crippen molar-refractivity contribution >= 4 is 27.7 Å². The Morgan fingerprint density at radius 1 is 0.630 bits per heavy atom. The Kier molecular flexibility index (Phi) is 6.39. The molecule has 0 saturated carbocycles. The zero-order valence-corrected chi connectivity index (χ0v) is 16.2. The molecular weight excluding hydrogens is 404 g/mol. The second-order valence-electron chi connectivity index (χ2n) is 5.96. The molecule has 0 radical (unpaired) electrons. The number of nitrogens with one attached hydrogen (secondary N) is 2. The van der Waals surface area contributed by atoms with Crippen LogP contribution in [0.4, 0.5) is 0 Å². The summed E-state index contributed by atoms with van der Waals surface area (Å²) in [5.41, 5.74) is 3.35. The summed E-state index contributed by atoms with van der Waals surface area (Å²) < 4.78 is 0.921. The Bertz CT molecular complexity index is 907. The van der Waals surface area contributed by atoms with Crippen LogP contribution in [0.25, 0.3) is 11.1 Å². The molecule has 2 amide bonds. The van der Waals surface area contributed by atoms with Crippen LogP contribution < -0.4 is 10.6 Å². The Balaban J connectivity index is 1.46. The predicted octanol–water partition coefficient (Wildman–Crippen LogP) is 4.28. The van der Waals surface area contributed by atoms with Crippen molar-refractivity contribution in [3.63, 3.8) is 0 Å². The van der Waals surface area contributed by atoms with E-state index in [2.05, 4.69) is 26.6 Å². The maximum Gasteiger partial charge on any atom is 0.251 e. The highest BCUT2D eigenvalue weighted by molar-refractivity contribution is 9.10. The Morgan fingerprint density at radius 3 is 1.59 bits per heavy atom. The summed E-state index contributed by atoms with van der Waals surface area (Å²) in [7, 11) is 0. The number of halogens is 1. The molecule has 0 aliphatic heterocycles. The molecule has 3 rings (SSSR count). The monoisotopic (exact) mass is 422 g/mol. The SMILES string of the molecule is O=C(NCCNC(=O)c1ccc(-c2ccccc2)cc1)c1ccc(Br)cc1. The van der Waals surface area contributed by atoms with Gasteiger partial charge in [0.15, 0.2) is 0 Å². The van der Waals surface area contributed by atoms with E-state index in [-0.39, 0.29) is 11.8 Å². The lowest BCUT2D eigenvalue weighted by Crippen LogP contribution is -2.34. The van der Waals surface area contributed by atoms with E-state index < -0.39 is 0 Å². The van der Waals surface area contributed by atoms with Gasteiger partial charge in [-0.15, -0.1) is 0 Å². The van der Waals surface area contributed by atoms with Gasteiger partial charge in [0.05, 0.1) is 0 Å². The first-order valence-electron chi connectivity index (χ1n) is 8.61. The fraction of sp³-hybridized carbons (Fsp3) is 0.0909. The van der Waals surface area contributed by atoms with Crippen LogP contribution in [0.3, 0.4) is 0 Å². The van der Waals surface area contributed by atoms with E-state index in [0.717, 1.165) is 15.6 Å². The third-order valence-corrected chi connectivity index (χ3v) is 4.59. The molecule has 4 nitrogen and oxygen atoms in total. The first kappa shape index (κ1) is 18.9. The van der Waals surface area contributed by atoms with Gasteiger partial charge in [-0.2, -0.15) is 0 Å². The van der Waals surface area contributed by atoms with E-state index in [1.54, 1.807) is 24.3 Å². The quantitative estimate of drug-likeness (QED) is 0.582. The van der Waals surface area contributed by atoms with Crippen molar-refractivity contribution in [2.45, 2.75) is 0 Å². The van der Waals surface area contributed by atoms with Crippen LogP contribution in [-0.4, -0.2) is 24.9 Å². The molecule has 2 N–H and O–H groups in total. The van der Waals surface area contributed by atoms with Gasteiger partial charge in [-0.25, -0.2) is 0 Å². The molecule has 3 aromatic rings. The van der Waals surface area contributed by atoms with Crippen LogP contribution in [0.2, 0.25) is 0 Å². The summed E-state index contributed by atoms with van der Waals surface area (Å²) in [5, 5.41) is 5.60. The summed E-state index contributed by atoms with van der Waals surface area (Å²) in [4.78, 5) is 24.2. The van der Waals surface area contributed by atoms with Crippen molar-refractivity contribution in [1.82, 2.24) is 10.6 Å². The summed E-state index contributed by atoms with van der Waals surface area (Å²) >= 11 is 3.33. The van der Waals surface area contributed by atoms with Crippen molar-refractivity contribution < 1.29 is 9.59 Å². The normalized spacial score (nSPS) is 10.3. The molecule has 3 aromatic carbocycles. The molecule has 0 heterocycles. The third-order valence-electron chi connectivity index (χ3n) is 4.06. The minimum Gasteiger partial charge on any atom is -0.350 e. The third kappa shape index (κ3) is 5.28. The predicted molar refractivity (Wildman–Crippen MR) is 111 cm³/mol.